The summed E-state index contributed by atoms with van der Waals surface area (Å²) in [5, 5.41) is 3.37. The number of alkyl halides is 3. The molecule has 118 valence electrons. The van der Waals surface area contributed by atoms with Crippen molar-refractivity contribution in [3.8, 4) is 5.75 Å². The molecule has 1 fully saturated rings. The summed E-state index contributed by atoms with van der Waals surface area (Å²) in [5.41, 5.74) is 7.15. The lowest BCUT2D eigenvalue weighted by atomic mass is 10.1. The quantitative estimate of drug-likeness (QED) is 0.485. The second-order valence-electron chi connectivity index (χ2n) is 4.87. The van der Waals surface area contributed by atoms with Gasteiger partial charge in [0.1, 0.15) is 5.75 Å². The Kier molecular flexibility index (Phi) is 4.46. The van der Waals surface area contributed by atoms with Crippen molar-refractivity contribution in [1.29, 1.82) is 0 Å². The minimum absolute atomic E-state index is 0.0579. The van der Waals surface area contributed by atoms with E-state index in [0.717, 1.165) is 11.0 Å². The molecule has 1 aliphatic rings. The predicted octanol–water partition coefficient (Wildman–Crippen LogP) is 3.38. The minimum Gasteiger partial charge on any atom is -0.497 e. The Morgan fingerprint density at radius 1 is 1.50 bits per heavy atom. The van der Waals surface area contributed by atoms with Crippen molar-refractivity contribution >= 4 is 11.6 Å². The molecule has 0 spiro atoms. The molecule has 0 aromatic heterocycles. The fourth-order valence-corrected chi connectivity index (χ4v) is 2.39. The minimum atomic E-state index is -4.60. The standard InChI is InChI=1S/C13H13F3N4O2/c1-22-9-2-3-11(10(5-9)13(14,15)16)20-7-8(4-12(20)21)6-18-19-17/h2-3,5,8H,4,6-7H2,1H3. The van der Waals surface area contributed by atoms with Crippen molar-refractivity contribution in [2.75, 3.05) is 25.1 Å². The van der Waals surface area contributed by atoms with E-state index in [4.69, 9.17) is 10.3 Å². The van der Waals surface area contributed by atoms with Crippen LogP contribution in [0.25, 0.3) is 10.4 Å². The van der Waals surface area contributed by atoms with Gasteiger partial charge in [0.05, 0.1) is 18.4 Å². The number of rotatable bonds is 4. The Balaban J connectivity index is 2.36. The molecule has 22 heavy (non-hydrogen) atoms. The van der Waals surface area contributed by atoms with Crippen LogP contribution in [0.1, 0.15) is 12.0 Å². The Morgan fingerprint density at radius 3 is 2.82 bits per heavy atom. The first kappa shape index (κ1) is 16.0. The summed E-state index contributed by atoms with van der Waals surface area (Å²) in [6.45, 7) is 0.170. The van der Waals surface area contributed by atoms with Gasteiger partial charge in [-0.2, -0.15) is 13.2 Å². The molecule has 1 amide bonds. The third kappa shape index (κ3) is 3.25. The fourth-order valence-electron chi connectivity index (χ4n) is 2.39. The number of methoxy groups -OCH3 is 1. The molecule has 0 bridgehead atoms. The van der Waals surface area contributed by atoms with Crippen LogP contribution in [0, 0.1) is 5.92 Å². The highest BCUT2D eigenvalue weighted by Gasteiger charge is 2.39. The van der Waals surface area contributed by atoms with Gasteiger partial charge in [-0.15, -0.1) is 0 Å². The van der Waals surface area contributed by atoms with Crippen molar-refractivity contribution in [2.45, 2.75) is 12.6 Å². The highest BCUT2D eigenvalue weighted by molar-refractivity contribution is 5.96. The van der Waals surface area contributed by atoms with Gasteiger partial charge >= 0.3 is 6.18 Å². The van der Waals surface area contributed by atoms with Crippen molar-refractivity contribution in [1.82, 2.24) is 0 Å². The Hall–Kier alpha value is -2.41. The van der Waals surface area contributed by atoms with E-state index in [9.17, 15) is 18.0 Å². The van der Waals surface area contributed by atoms with Gasteiger partial charge in [-0.05, 0) is 29.6 Å². The summed E-state index contributed by atoms with van der Waals surface area (Å²) in [6, 6.07) is 3.46. The highest BCUT2D eigenvalue weighted by atomic mass is 19.4. The molecule has 2 rings (SSSR count). The number of azide groups is 1. The van der Waals surface area contributed by atoms with Crippen LogP contribution in [0.4, 0.5) is 18.9 Å². The zero-order chi connectivity index (χ0) is 16.3. The van der Waals surface area contributed by atoms with Crippen LogP contribution in [0.5, 0.6) is 5.75 Å². The number of anilines is 1. The zero-order valence-electron chi connectivity index (χ0n) is 11.7. The monoisotopic (exact) mass is 314 g/mol. The number of hydrogen-bond donors (Lipinski definition) is 0. The van der Waals surface area contributed by atoms with E-state index in [1.165, 1.54) is 19.2 Å². The number of halogens is 3. The van der Waals surface area contributed by atoms with Crippen LogP contribution in [0.3, 0.4) is 0 Å². The van der Waals surface area contributed by atoms with Gasteiger partial charge in [0, 0.05) is 24.4 Å². The van der Waals surface area contributed by atoms with Gasteiger partial charge < -0.3 is 9.64 Å². The number of carbonyl (C=O) groups is 1. The molecule has 0 saturated carbocycles. The molecule has 9 heteroatoms. The second-order valence-corrected chi connectivity index (χ2v) is 4.87. The van der Waals surface area contributed by atoms with Crippen LogP contribution in [0.2, 0.25) is 0 Å². The highest BCUT2D eigenvalue weighted by Crippen LogP contribution is 2.40. The molecule has 0 aliphatic carbocycles. The Labute approximate surface area is 124 Å². The van der Waals surface area contributed by atoms with Gasteiger partial charge in [-0.3, -0.25) is 4.79 Å². The van der Waals surface area contributed by atoms with Crippen LogP contribution >= 0.6 is 0 Å². The topological polar surface area (TPSA) is 78.3 Å². The number of amides is 1. The van der Waals surface area contributed by atoms with Gasteiger partial charge in [-0.1, -0.05) is 5.11 Å². The Bertz CT molecular complexity index is 626. The number of nitrogens with zero attached hydrogens (tertiary/aromatic N) is 4. The van der Waals surface area contributed by atoms with E-state index >= 15 is 0 Å². The van der Waals surface area contributed by atoms with E-state index in [1.807, 2.05) is 0 Å². The molecule has 1 unspecified atom stereocenters. The first-order chi connectivity index (χ1) is 10.4. The van der Waals surface area contributed by atoms with Crippen molar-refractivity contribution in [3.05, 3.63) is 34.2 Å². The van der Waals surface area contributed by atoms with Crippen molar-refractivity contribution in [2.24, 2.45) is 11.0 Å². The van der Waals surface area contributed by atoms with Crippen LogP contribution in [-0.2, 0) is 11.0 Å². The van der Waals surface area contributed by atoms with Crippen LogP contribution in [-0.4, -0.2) is 26.1 Å². The Morgan fingerprint density at radius 2 is 2.23 bits per heavy atom. The van der Waals surface area contributed by atoms with Gasteiger partial charge in [0.2, 0.25) is 5.91 Å². The number of benzene rings is 1. The summed E-state index contributed by atoms with van der Waals surface area (Å²) in [5.74, 6) is -0.645. The smallest absolute Gasteiger partial charge is 0.418 e. The van der Waals surface area contributed by atoms with Crippen LogP contribution in [0.15, 0.2) is 23.3 Å². The fraction of sp³-hybridized carbons (Fsp3) is 0.462. The van der Waals surface area contributed by atoms with E-state index in [1.54, 1.807) is 0 Å². The predicted molar refractivity (Wildman–Crippen MR) is 72.5 cm³/mol. The van der Waals surface area contributed by atoms with Gasteiger partial charge in [0.15, 0.2) is 0 Å². The number of carbonyl (C=O) groups excluding carboxylic acids is 1. The molecule has 1 atom stereocenters. The van der Waals surface area contributed by atoms with E-state index in [0.29, 0.717) is 0 Å². The third-order valence-electron chi connectivity index (χ3n) is 3.41. The summed E-state index contributed by atoms with van der Waals surface area (Å²) in [6.07, 6.45) is -4.55. The van der Waals surface area contributed by atoms with E-state index < -0.39 is 17.6 Å². The molecule has 1 heterocycles. The molecule has 0 radical (unpaired) electrons. The van der Waals surface area contributed by atoms with Crippen molar-refractivity contribution in [3.63, 3.8) is 0 Å². The van der Waals surface area contributed by atoms with Gasteiger partial charge in [-0.25, -0.2) is 0 Å². The SMILES string of the molecule is COc1ccc(N2CC(CN=[N+]=[N-])CC2=O)c(C(F)(F)F)c1. The molecule has 6 nitrogen and oxygen atoms in total. The molecular weight excluding hydrogens is 301 g/mol. The van der Waals surface area contributed by atoms with E-state index in [2.05, 4.69) is 10.0 Å². The molecule has 1 aromatic carbocycles. The maximum Gasteiger partial charge on any atom is 0.418 e. The number of ether oxygens (including phenoxy) is 1. The van der Waals surface area contributed by atoms with Crippen molar-refractivity contribution < 1.29 is 22.7 Å². The molecule has 1 aliphatic heterocycles. The van der Waals surface area contributed by atoms with Gasteiger partial charge in [0.25, 0.3) is 0 Å². The summed E-state index contributed by atoms with van der Waals surface area (Å²) in [4.78, 5) is 15.7. The average Bonchev–Trinajstić information content (AvgIpc) is 2.84. The zero-order valence-corrected chi connectivity index (χ0v) is 11.7. The average molecular weight is 314 g/mol. The summed E-state index contributed by atoms with van der Waals surface area (Å²) < 4.78 is 44.4. The molecule has 0 N–H and O–H groups in total. The normalized spacial score (nSPS) is 18.3. The van der Waals surface area contributed by atoms with Crippen LogP contribution < -0.4 is 9.64 Å². The second kappa shape index (κ2) is 6.15. The largest absolute Gasteiger partial charge is 0.497 e. The third-order valence-corrected chi connectivity index (χ3v) is 3.41. The maximum atomic E-state index is 13.2. The maximum absolute atomic E-state index is 13.2. The summed E-state index contributed by atoms with van der Waals surface area (Å²) >= 11 is 0. The number of hydrogen-bond acceptors (Lipinski definition) is 3. The first-order valence-electron chi connectivity index (χ1n) is 6.43. The lowest BCUT2D eigenvalue weighted by Gasteiger charge is -2.22. The van der Waals surface area contributed by atoms with E-state index in [-0.39, 0.29) is 36.9 Å². The summed E-state index contributed by atoms with van der Waals surface area (Å²) in [7, 11) is 1.27. The lowest BCUT2D eigenvalue weighted by molar-refractivity contribution is -0.137. The molecule has 1 aromatic rings. The lowest BCUT2D eigenvalue weighted by Crippen LogP contribution is -2.27. The molecule has 1 saturated heterocycles. The molecular formula is C13H13F3N4O2. The first-order valence-corrected chi connectivity index (χ1v) is 6.43.